The maximum absolute atomic E-state index is 11.7. The van der Waals surface area contributed by atoms with Crippen LogP contribution in [0.25, 0.3) is 0 Å². The lowest BCUT2D eigenvalue weighted by Gasteiger charge is -2.28. The number of hydrogen-bond acceptors (Lipinski definition) is 3. The zero-order chi connectivity index (χ0) is 16.5. The number of carboxylic acids is 1. The van der Waals surface area contributed by atoms with Gasteiger partial charge in [-0.3, -0.25) is 4.79 Å². The first-order chi connectivity index (χ1) is 9.81. The van der Waals surface area contributed by atoms with Gasteiger partial charge in [0.15, 0.2) is 0 Å². The molecule has 0 aromatic heterocycles. The van der Waals surface area contributed by atoms with Crippen LogP contribution in [0, 0.1) is 0 Å². The summed E-state index contributed by atoms with van der Waals surface area (Å²) in [4.78, 5) is 34.5. The smallest absolute Gasteiger partial charge is 0.329 e. The van der Waals surface area contributed by atoms with Crippen LogP contribution in [0.3, 0.4) is 0 Å². The predicted octanol–water partition coefficient (Wildman–Crippen LogP) is 1.23. The van der Waals surface area contributed by atoms with Crippen LogP contribution in [0.2, 0.25) is 0 Å². The van der Waals surface area contributed by atoms with E-state index in [1.807, 2.05) is 13.8 Å². The van der Waals surface area contributed by atoms with Crippen LogP contribution in [-0.2, 0) is 9.59 Å². The highest BCUT2D eigenvalue weighted by Crippen LogP contribution is 2.15. The van der Waals surface area contributed by atoms with Crippen LogP contribution in [0.5, 0.6) is 0 Å². The molecular formula is C14H27N3O4. The lowest BCUT2D eigenvalue weighted by atomic mass is 9.93. The summed E-state index contributed by atoms with van der Waals surface area (Å²) < 4.78 is 0. The van der Waals surface area contributed by atoms with Crippen molar-refractivity contribution in [3.8, 4) is 0 Å². The van der Waals surface area contributed by atoms with E-state index in [-0.39, 0.29) is 24.9 Å². The number of nitrogens with one attached hydrogen (secondary N) is 3. The molecule has 0 radical (unpaired) electrons. The molecule has 0 rings (SSSR count). The molecule has 21 heavy (non-hydrogen) atoms. The maximum Gasteiger partial charge on any atom is 0.329 e. The number of aliphatic carboxylic acids is 1. The molecule has 0 aromatic carbocycles. The van der Waals surface area contributed by atoms with Crippen molar-refractivity contribution >= 4 is 17.9 Å². The Bertz CT molecular complexity index is 367. The van der Waals surface area contributed by atoms with E-state index in [9.17, 15) is 19.5 Å². The number of rotatable bonds is 9. The number of carbonyl (C=O) groups excluding carboxylic acids is 2. The van der Waals surface area contributed by atoms with Crippen molar-refractivity contribution in [1.82, 2.24) is 16.0 Å². The summed E-state index contributed by atoms with van der Waals surface area (Å²) in [5.74, 6) is -1.20. The first-order valence-corrected chi connectivity index (χ1v) is 7.40. The lowest BCUT2D eigenvalue weighted by Crippen LogP contribution is -2.56. The number of carboxylic acid groups (broad SMARTS) is 1. The normalized spacial score (nSPS) is 12.4. The summed E-state index contributed by atoms with van der Waals surface area (Å²) in [6.07, 6.45) is 1.59. The topological polar surface area (TPSA) is 108 Å². The third-order valence-corrected chi connectivity index (χ3v) is 3.63. The van der Waals surface area contributed by atoms with E-state index in [4.69, 9.17) is 0 Å². The molecule has 0 saturated carbocycles. The summed E-state index contributed by atoms with van der Waals surface area (Å²) in [5.41, 5.74) is -1.26. The number of carbonyl (C=O) groups is 3. The van der Waals surface area contributed by atoms with Crippen molar-refractivity contribution in [3.63, 3.8) is 0 Å². The second kappa shape index (κ2) is 9.20. The van der Waals surface area contributed by atoms with Gasteiger partial charge in [-0.25, -0.2) is 9.59 Å². The molecule has 0 spiro atoms. The van der Waals surface area contributed by atoms with E-state index in [1.165, 1.54) is 0 Å². The van der Waals surface area contributed by atoms with Crippen LogP contribution in [0.1, 0.15) is 53.4 Å². The first kappa shape index (κ1) is 19.2. The number of hydrogen-bond donors (Lipinski definition) is 4. The molecule has 0 aliphatic rings. The molecule has 7 heteroatoms. The Hall–Kier alpha value is -1.79. The standard InChI is InChI=1S/C14H27N3O4/c1-5-10(4)16-11(18)8-9-15-13(21)17-14(6-2,7-3)12(19)20/h10H,5-9H2,1-4H3,(H,16,18)(H,19,20)(H2,15,17,21). The van der Waals surface area contributed by atoms with E-state index < -0.39 is 17.5 Å². The first-order valence-electron chi connectivity index (χ1n) is 7.40. The maximum atomic E-state index is 11.7. The fraction of sp³-hybridized carbons (Fsp3) is 0.786. The molecule has 122 valence electrons. The Morgan fingerprint density at radius 3 is 2.14 bits per heavy atom. The van der Waals surface area contributed by atoms with Gasteiger partial charge in [0.05, 0.1) is 0 Å². The van der Waals surface area contributed by atoms with Gasteiger partial charge in [0, 0.05) is 19.0 Å². The quantitative estimate of drug-likeness (QED) is 0.514. The van der Waals surface area contributed by atoms with E-state index >= 15 is 0 Å². The summed E-state index contributed by atoms with van der Waals surface area (Å²) in [6.45, 7) is 7.45. The van der Waals surface area contributed by atoms with Crippen molar-refractivity contribution in [1.29, 1.82) is 0 Å². The van der Waals surface area contributed by atoms with E-state index in [2.05, 4.69) is 16.0 Å². The van der Waals surface area contributed by atoms with Crippen LogP contribution in [0.4, 0.5) is 4.79 Å². The Labute approximate surface area is 125 Å². The number of urea groups is 1. The van der Waals surface area contributed by atoms with Gasteiger partial charge in [0.1, 0.15) is 5.54 Å². The molecule has 4 N–H and O–H groups in total. The molecule has 0 saturated heterocycles. The molecule has 1 unspecified atom stereocenters. The SMILES string of the molecule is CCC(C)NC(=O)CCNC(=O)NC(CC)(CC)C(=O)O. The van der Waals surface area contributed by atoms with Crippen molar-refractivity contribution in [3.05, 3.63) is 0 Å². The van der Waals surface area contributed by atoms with E-state index in [0.29, 0.717) is 12.8 Å². The van der Waals surface area contributed by atoms with Gasteiger partial charge in [-0.2, -0.15) is 0 Å². The highest BCUT2D eigenvalue weighted by molar-refractivity contribution is 5.86. The van der Waals surface area contributed by atoms with Gasteiger partial charge < -0.3 is 21.1 Å². The van der Waals surface area contributed by atoms with Crippen molar-refractivity contribution in [2.24, 2.45) is 0 Å². The van der Waals surface area contributed by atoms with Crippen molar-refractivity contribution < 1.29 is 19.5 Å². The second-order valence-corrected chi connectivity index (χ2v) is 5.10. The fourth-order valence-corrected chi connectivity index (χ4v) is 1.78. The minimum absolute atomic E-state index is 0.103. The molecule has 0 fully saturated rings. The zero-order valence-electron chi connectivity index (χ0n) is 13.3. The highest BCUT2D eigenvalue weighted by Gasteiger charge is 2.36. The molecule has 1 atom stereocenters. The van der Waals surface area contributed by atoms with Crippen LogP contribution in [0.15, 0.2) is 0 Å². The van der Waals surface area contributed by atoms with E-state index in [1.54, 1.807) is 13.8 Å². The third-order valence-electron chi connectivity index (χ3n) is 3.63. The van der Waals surface area contributed by atoms with E-state index in [0.717, 1.165) is 6.42 Å². The van der Waals surface area contributed by atoms with Gasteiger partial charge in [0.25, 0.3) is 0 Å². The van der Waals surface area contributed by atoms with Crippen molar-refractivity contribution in [2.45, 2.75) is 65.0 Å². The summed E-state index contributed by atoms with van der Waals surface area (Å²) in [7, 11) is 0. The van der Waals surface area contributed by atoms with Crippen molar-refractivity contribution in [2.75, 3.05) is 6.54 Å². The Balaban J connectivity index is 4.21. The Morgan fingerprint density at radius 2 is 1.71 bits per heavy atom. The van der Waals surface area contributed by atoms with Gasteiger partial charge in [-0.15, -0.1) is 0 Å². The molecule has 0 aliphatic heterocycles. The summed E-state index contributed by atoms with van der Waals surface area (Å²) in [5, 5.41) is 17.0. The van der Waals surface area contributed by atoms with Gasteiger partial charge in [-0.05, 0) is 26.2 Å². The average molecular weight is 301 g/mol. The highest BCUT2D eigenvalue weighted by atomic mass is 16.4. The monoisotopic (exact) mass is 301 g/mol. The van der Waals surface area contributed by atoms with Gasteiger partial charge in [0.2, 0.25) is 5.91 Å². The summed E-state index contributed by atoms with van der Waals surface area (Å²) >= 11 is 0. The van der Waals surface area contributed by atoms with Gasteiger partial charge in [-0.1, -0.05) is 20.8 Å². The average Bonchev–Trinajstić information content (AvgIpc) is 2.44. The fourth-order valence-electron chi connectivity index (χ4n) is 1.78. The molecule has 0 heterocycles. The number of amides is 3. The molecule has 7 nitrogen and oxygen atoms in total. The largest absolute Gasteiger partial charge is 0.480 e. The second-order valence-electron chi connectivity index (χ2n) is 5.10. The summed E-state index contributed by atoms with van der Waals surface area (Å²) in [6, 6.07) is -0.469. The molecular weight excluding hydrogens is 274 g/mol. The zero-order valence-corrected chi connectivity index (χ0v) is 13.3. The Kier molecular flexibility index (Phi) is 8.42. The molecule has 0 aliphatic carbocycles. The lowest BCUT2D eigenvalue weighted by molar-refractivity contribution is -0.144. The molecule has 3 amide bonds. The van der Waals surface area contributed by atoms with Gasteiger partial charge >= 0.3 is 12.0 Å². The molecule has 0 aromatic rings. The van der Waals surface area contributed by atoms with Crippen LogP contribution < -0.4 is 16.0 Å². The molecule has 0 bridgehead atoms. The minimum Gasteiger partial charge on any atom is -0.480 e. The Morgan fingerprint density at radius 1 is 1.14 bits per heavy atom. The minimum atomic E-state index is -1.26. The van der Waals surface area contributed by atoms with Crippen LogP contribution >= 0.6 is 0 Å². The van der Waals surface area contributed by atoms with Crippen LogP contribution in [-0.4, -0.2) is 41.1 Å². The predicted molar refractivity (Wildman–Crippen MR) is 80.0 cm³/mol. The third kappa shape index (κ3) is 6.46.